The van der Waals surface area contributed by atoms with Crippen molar-refractivity contribution in [2.24, 2.45) is 5.92 Å². The fraction of sp³-hybridized carbons (Fsp3) is 0.400. The molecule has 0 radical (unpaired) electrons. The molecular formula is C25H32N6O3. The van der Waals surface area contributed by atoms with E-state index in [0.717, 1.165) is 51.4 Å². The minimum Gasteiger partial charge on any atom is -0.504 e. The summed E-state index contributed by atoms with van der Waals surface area (Å²) in [5.74, 6) is 0.226. The molecule has 2 aromatic rings. The topological polar surface area (TPSA) is 95.8 Å². The first-order chi connectivity index (χ1) is 16.7. The zero-order valence-corrected chi connectivity index (χ0v) is 19.7. The number of piperazine rings is 1. The fourth-order valence-electron chi connectivity index (χ4n) is 4.33. The van der Waals surface area contributed by atoms with Gasteiger partial charge < -0.3 is 29.6 Å². The first-order valence-corrected chi connectivity index (χ1v) is 11.6. The molecule has 34 heavy (non-hydrogen) atoms. The molecular weight excluding hydrogens is 432 g/mol. The molecule has 0 spiro atoms. The average molecular weight is 465 g/mol. The molecule has 2 aliphatic heterocycles. The van der Waals surface area contributed by atoms with Crippen molar-refractivity contribution in [1.82, 2.24) is 15.3 Å². The number of pyridine rings is 1. The second-order valence-electron chi connectivity index (χ2n) is 8.23. The third-order valence-corrected chi connectivity index (χ3v) is 6.10. The highest BCUT2D eigenvalue weighted by Gasteiger charge is 2.28. The molecule has 0 saturated carbocycles. The summed E-state index contributed by atoms with van der Waals surface area (Å²) in [6.45, 7) is 7.22. The number of amides is 1. The Hall–Kier alpha value is -3.59. The lowest BCUT2D eigenvalue weighted by atomic mass is 9.97. The number of nitrogens with zero attached hydrogens (tertiary/aromatic N) is 4. The number of rotatable bonds is 8. The van der Waals surface area contributed by atoms with Crippen LogP contribution in [-0.4, -0.2) is 62.3 Å². The van der Waals surface area contributed by atoms with Gasteiger partial charge in [0.15, 0.2) is 0 Å². The van der Waals surface area contributed by atoms with E-state index in [0.29, 0.717) is 17.6 Å². The van der Waals surface area contributed by atoms with Crippen LogP contribution in [0, 0.1) is 5.92 Å². The summed E-state index contributed by atoms with van der Waals surface area (Å²) in [5.41, 5.74) is 2.88. The van der Waals surface area contributed by atoms with Crippen molar-refractivity contribution in [3.05, 3.63) is 66.6 Å². The molecule has 0 aliphatic carbocycles. The Balaban J connectivity index is 1.39. The second-order valence-corrected chi connectivity index (χ2v) is 8.23. The SMILES string of the molecule is C\C=C(/C=C\C=C\OC)C1CCN(c2ncc(C(=O)Nc3cnccc3N3CCNCC3)o2)C1. The summed E-state index contributed by atoms with van der Waals surface area (Å²) in [5, 5.41) is 6.29. The minimum atomic E-state index is -0.333. The number of anilines is 3. The number of hydrogen-bond donors (Lipinski definition) is 2. The van der Waals surface area contributed by atoms with E-state index in [4.69, 9.17) is 9.15 Å². The van der Waals surface area contributed by atoms with Crippen molar-refractivity contribution < 1.29 is 13.9 Å². The van der Waals surface area contributed by atoms with Gasteiger partial charge in [0.1, 0.15) is 0 Å². The number of hydrogen-bond acceptors (Lipinski definition) is 8. The molecule has 4 heterocycles. The largest absolute Gasteiger partial charge is 0.504 e. The summed E-state index contributed by atoms with van der Waals surface area (Å²) in [6, 6.07) is 2.40. The van der Waals surface area contributed by atoms with Crippen LogP contribution in [0.3, 0.4) is 0 Å². The van der Waals surface area contributed by atoms with Crippen molar-refractivity contribution in [1.29, 1.82) is 0 Å². The quantitative estimate of drug-likeness (QED) is 0.454. The van der Waals surface area contributed by atoms with Gasteiger partial charge in [0.25, 0.3) is 11.9 Å². The highest BCUT2D eigenvalue weighted by atomic mass is 16.5. The number of methoxy groups -OCH3 is 1. The summed E-state index contributed by atoms with van der Waals surface area (Å²) in [4.78, 5) is 25.8. The Kier molecular flexibility index (Phi) is 7.98. The lowest BCUT2D eigenvalue weighted by Crippen LogP contribution is -2.43. The van der Waals surface area contributed by atoms with Gasteiger partial charge >= 0.3 is 0 Å². The van der Waals surface area contributed by atoms with E-state index in [-0.39, 0.29) is 11.7 Å². The molecule has 2 N–H and O–H groups in total. The number of nitrogens with one attached hydrogen (secondary N) is 2. The van der Waals surface area contributed by atoms with Crippen molar-refractivity contribution in [3.63, 3.8) is 0 Å². The molecule has 1 amide bonds. The van der Waals surface area contributed by atoms with Gasteiger partial charge in [-0.3, -0.25) is 9.78 Å². The highest BCUT2D eigenvalue weighted by molar-refractivity contribution is 6.04. The van der Waals surface area contributed by atoms with Crippen LogP contribution in [0.5, 0.6) is 0 Å². The van der Waals surface area contributed by atoms with Crippen LogP contribution < -0.4 is 20.4 Å². The van der Waals surface area contributed by atoms with Crippen molar-refractivity contribution >= 4 is 23.3 Å². The van der Waals surface area contributed by atoms with E-state index in [1.165, 1.54) is 11.8 Å². The smallest absolute Gasteiger partial charge is 0.297 e. The zero-order valence-electron chi connectivity index (χ0n) is 19.7. The predicted molar refractivity (Wildman–Crippen MR) is 133 cm³/mol. The molecule has 2 aliphatic rings. The number of allylic oxidation sites excluding steroid dienone is 4. The first-order valence-electron chi connectivity index (χ1n) is 11.6. The van der Waals surface area contributed by atoms with Crippen LogP contribution >= 0.6 is 0 Å². The maximum Gasteiger partial charge on any atom is 0.297 e. The third kappa shape index (κ3) is 5.66. The van der Waals surface area contributed by atoms with Gasteiger partial charge in [0, 0.05) is 51.4 Å². The van der Waals surface area contributed by atoms with E-state index in [1.807, 2.05) is 25.1 Å². The molecule has 1 atom stereocenters. The van der Waals surface area contributed by atoms with Crippen molar-refractivity contribution in [2.45, 2.75) is 13.3 Å². The molecule has 4 rings (SSSR count). The van der Waals surface area contributed by atoms with Gasteiger partial charge in [-0.2, -0.15) is 0 Å². The number of aromatic nitrogens is 2. The number of oxazole rings is 1. The van der Waals surface area contributed by atoms with Crippen LogP contribution in [0.1, 0.15) is 23.9 Å². The number of carbonyl (C=O) groups excluding carboxylic acids is 1. The molecule has 2 saturated heterocycles. The summed E-state index contributed by atoms with van der Waals surface area (Å²) in [6.07, 6.45) is 15.6. The predicted octanol–water partition coefficient (Wildman–Crippen LogP) is 3.22. The highest BCUT2D eigenvalue weighted by Crippen LogP contribution is 2.30. The van der Waals surface area contributed by atoms with Gasteiger partial charge in [0.05, 0.1) is 37.1 Å². The van der Waals surface area contributed by atoms with Gasteiger partial charge in [-0.05, 0) is 31.1 Å². The van der Waals surface area contributed by atoms with Crippen LogP contribution in [0.4, 0.5) is 17.4 Å². The lowest BCUT2D eigenvalue weighted by Gasteiger charge is -2.30. The third-order valence-electron chi connectivity index (χ3n) is 6.10. The second kappa shape index (κ2) is 11.5. The standard InChI is InChI=1S/C25H32N6O3/c1-3-19(6-4-5-15-33-2)20-8-12-31(18-20)25-28-17-23(34-25)24(32)29-21-16-27-9-7-22(21)30-13-10-26-11-14-30/h3-7,9,15-17,20,26H,8,10-14,18H2,1-2H3,(H,29,32)/b6-4-,15-5+,19-3+. The van der Waals surface area contributed by atoms with E-state index in [2.05, 4.69) is 42.6 Å². The molecule has 2 aromatic heterocycles. The number of carbonyl (C=O) groups is 1. The Morgan fingerprint density at radius 3 is 2.88 bits per heavy atom. The minimum absolute atomic E-state index is 0.185. The Morgan fingerprint density at radius 2 is 2.09 bits per heavy atom. The first kappa shape index (κ1) is 23.6. The van der Waals surface area contributed by atoms with Gasteiger partial charge in [-0.1, -0.05) is 18.2 Å². The molecule has 9 heteroatoms. The average Bonchev–Trinajstić information content (AvgIpc) is 3.55. The monoisotopic (exact) mass is 464 g/mol. The Labute approximate surface area is 200 Å². The van der Waals surface area contributed by atoms with Crippen molar-refractivity contribution in [2.75, 3.05) is 61.5 Å². The Morgan fingerprint density at radius 1 is 1.24 bits per heavy atom. The van der Waals surface area contributed by atoms with Crippen LogP contribution in [0.2, 0.25) is 0 Å². The van der Waals surface area contributed by atoms with Gasteiger partial charge in [0.2, 0.25) is 5.76 Å². The summed E-state index contributed by atoms with van der Waals surface area (Å²) >= 11 is 0. The number of ether oxygens (including phenoxy) is 1. The zero-order chi connectivity index (χ0) is 23.8. The van der Waals surface area contributed by atoms with Crippen LogP contribution in [0.15, 0.2) is 65.2 Å². The van der Waals surface area contributed by atoms with Gasteiger partial charge in [-0.25, -0.2) is 4.98 Å². The fourth-order valence-corrected chi connectivity index (χ4v) is 4.33. The van der Waals surface area contributed by atoms with E-state index >= 15 is 0 Å². The lowest BCUT2D eigenvalue weighted by molar-refractivity contribution is 0.0997. The molecule has 0 bridgehead atoms. The normalized spacial score (nSPS) is 19.4. The van der Waals surface area contributed by atoms with E-state index in [1.54, 1.807) is 25.8 Å². The summed E-state index contributed by atoms with van der Waals surface area (Å²) < 4.78 is 10.8. The van der Waals surface area contributed by atoms with Crippen LogP contribution in [-0.2, 0) is 4.74 Å². The Bertz CT molecular complexity index is 1050. The summed E-state index contributed by atoms with van der Waals surface area (Å²) in [7, 11) is 1.63. The van der Waals surface area contributed by atoms with E-state index in [9.17, 15) is 4.79 Å². The van der Waals surface area contributed by atoms with Crippen molar-refractivity contribution in [3.8, 4) is 0 Å². The van der Waals surface area contributed by atoms with Gasteiger partial charge in [-0.15, -0.1) is 0 Å². The molecule has 1 unspecified atom stereocenters. The molecule has 2 fully saturated rings. The molecule has 180 valence electrons. The maximum absolute atomic E-state index is 12.9. The molecule has 9 nitrogen and oxygen atoms in total. The van der Waals surface area contributed by atoms with Crippen LogP contribution in [0.25, 0.3) is 0 Å². The van der Waals surface area contributed by atoms with E-state index < -0.39 is 0 Å². The maximum atomic E-state index is 12.9. The molecule has 0 aromatic carbocycles.